The van der Waals surface area contributed by atoms with Gasteiger partial charge in [0.05, 0.1) is 0 Å². The van der Waals surface area contributed by atoms with Crippen molar-refractivity contribution < 1.29 is 22.7 Å². The average Bonchev–Trinajstić information content (AvgIpc) is 2.67. The third-order valence-electron chi connectivity index (χ3n) is 5.13. The molecule has 3 rings (SSSR count). The lowest BCUT2D eigenvalue weighted by Gasteiger charge is -2.35. The van der Waals surface area contributed by atoms with Gasteiger partial charge in [0.1, 0.15) is 11.6 Å². The van der Waals surface area contributed by atoms with Gasteiger partial charge >= 0.3 is 6.36 Å². The molecule has 0 unspecified atom stereocenters. The molecule has 0 N–H and O–H groups in total. The number of alkyl halides is 4. The molecule has 0 radical (unpaired) electrons. The maximum atomic E-state index is 12.3. The first-order valence-corrected chi connectivity index (χ1v) is 9.65. The lowest BCUT2D eigenvalue weighted by molar-refractivity contribution is -0.274. The van der Waals surface area contributed by atoms with Crippen LogP contribution in [0.5, 0.6) is 5.75 Å². The van der Waals surface area contributed by atoms with Crippen molar-refractivity contribution in [1.29, 1.82) is 0 Å². The summed E-state index contributed by atoms with van der Waals surface area (Å²) < 4.78 is 40.8. The first kappa shape index (κ1) is 20.6. The van der Waals surface area contributed by atoms with Gasteiger partial charge in [-0.2, -0.15) is 0 Å². The van der Waals surface area contributed by atoms with Crippen molar-refractivity contribution in [3.8, 4) is 5.75 Å². The maximum Gasteiger partial charge on any atom is 0.573 e. The van der Waals surface area contributed by atoms with E-state index in [-0.39, 0.29) is 17.5 Å². The first-order chi connectivity index (χ1) is 13.3. The maximum absolute atomic E-state index is 12.3. The molecule has 0 aliphatic carbocycles. The fourth-order valence-electron chi connectivity index (χ4n) is 3.69. The third-order valence-corrected chi connectivity index (χ3v) is 5.35. The molecule has 2 heterocycles. The van der Waals surface area contributed by atoms with Gasteiger partial charge in [-0.25, -0.2) is 0 Å². The normalized spacial score (nSPS) is 18.6. The van der Waals surface area contributed by atoms with Crippen molar-refractivity contribution in [2.75, 3.05) is 30.4 Å². The minimum Gasteiger partial charge on any atom is -0.406 e. The predicted octanol–water partition coefficient (Wildman–Crippen LogP) is 4.71. The summed E-state index contributed by atoms with van der Waals surface area (Å²) in [6.07, 6.45) is 1.39. The molecular formula is C20H22ClF3N2O2. The second-order valence-corrected chi connectivity index (χ2v) is 7.20. The van der Waals surface area contributed by atoms with Crippen molar-refractivity contribution in [2.45, 2.75) is 26.1 Å². The molecule has 4 nitrogen and oxygen atoms in total. The Labute approximate surface area is 167 Å². The lowest BCUT2D eigenvalue weighted by atomic mass is 9.87. The topological polar surface area (TPSA) is 32.8 Å². The lowest BCUT2D eigenvalue weighted by Crippen LogP contribution is -2.39. The van der Waals surface area contributed by atoms with Crippen LogP contribution in [-0.2, 0) is 4.79 Å². The SMILES string of the molecule is CC1=CC(C2CCN(C(=O)CCl)CC2)=CCN1c1ccc(OC(F)(F)F)cc1. The number of carbonyl (C=O) groups is 1. The summed E-state index contributed by atoms with van der Waals surface area (Å²) in [6.45, 7) is 4.06. The number of nitrogens with zero attached hydrogens (tertiary/aromatic N) is 2. The van der Waals surface area contributed by atoms with Crippen LogP contribution in [0.3, 0.4) is 0 Å². The number of carbonyl (C=O) groups excluding carboxylic acids is 1. The van der Waals surface area contributed by atoms with E-state index >= 15 is 0 Å². The molecule has 1 fully saturated rings. The van der Waals surface area contributed by atoms with Gasteiger partial charge in [0, 0.05) is 31.0 Å². The van der Waals surface area contributed by atoms with E-state index < -0.39 is 6.36 Å². The van der Waals surface area contributed by atoms with Crippen LogP contribution >= 0.6 is 11.6 Å². The third kappa shape index (κ3) is 5.01. The molecule has 0 saturated carbocycles. The molecule has 1 amide bonds. The van der Waals surface area contributed by atoms with Crippen molar-refractivity contribution >= 4 is 23.2 Å². The molecule has 8 heteroatoms. The molecule has 2 aliphatic heterocycles. The minimum atomic E-state index is -4.69. The Kier molecular flexibility index (Phi) is 6.23. The fraction of sp³-hybridized carbons (Fsp3) is 0.450. The van der Waals surface area contributed by atoms with Crippen LogP contribution in [0.15, 0.2) is 47.7 Å². The van der Waals surface area contributed by atoms with E-state index in [4.69, 9.17) is 11.6 Å². The van der Waals surface area contributed by atoms with E-state index in [1.807, 2.05) is 11.8 Å². The Bertz CT molecular complexity index is 767. The summed E-state index contributed by atoms with van der Waals surface area (Å²) in [5.41, 5.74) is 3.09. The summed E-state index contributed by atoms with van der Waals surface area (Å²) in [5, 5.41) is 0. The highest BCUT2D eigenvalue weighted by Gasteiger charge is 2.31. The molecule has 28 heavy (non-hydrogen) atoms. The van der Waals surface area contributed by atoms with Crippen LogP contribution in [0.1, 0.15) is 19.8 Å². The number of hydrogen-bond acceptors (Lipinski definition) is 3. The van der Waals surface area contributed by atoms with E-state index in [2.05, 4.69) is 16.9 Å². The molecular weight excluding hydrogens is 393 g/mol. The summed E-state index contributed by atoms with van der Waals surface area (Å²) in [7, 11) is 0. The van der Waals surface area contributed by atoms with Crippen molar-refractivity contribution in [1.82, 2.24) is 4.90 Å². The number of likely N-dealkylation sites (tertiary alicyclic amines) is 1. The van der Waals surface area contributed by atoms with Crippen LogP contribution < -0.4 is 9.64 Å². The highest BCUT2D eigenvalue weighted by molar-refractivity contribution is 6.27. The Hall–Kier alpha value is -2.15. The zero-order chi connectivity index (χ0) is 20.3. The van der Waals surface area contributed by atoms with Gasteiger partial charge in [0.15, 0.2) is 0 Å². The van der Waals surface area contributed by atoms with Gasteiger partial charge in [-0.05, 0) is 61.6 Å². The molecule has 0 bridgehead atoms. The summed E-state index contributed by atoms with van der Waals surface area (Å²) >= 11 is 5.62. The van der Waals surface area contributed by atoms with Crippen LogP contribution in [-0.4, -0.2) is 42.7 Å². The van der Waals surface area contributed by atoms with Crippen molar-refractivity contribution in [2.24, 2.45) is 5.92 Å². The fourth-order valence-corrected chi connectivity index (χ4v) is 3.86. The molecule has 0 aromatic heterocycles. The van der Waals surface area contributed by atoms with E-state index in [1.165, 1.54) is 17.7 Å². The summed E-state index contributed by atoms with van der Waals surface area (Å²) in [5.74, 6) is 0.172. The van der Waals surface area contributed by atoms with Gasteiger partial charge in [-0.3, -0.25) is 4.79 Å². The Morgan fingerprint density at radius 3 is 2.39 bits per heavy atom. The Morgan fingerprint density at radius 1 is 1.21 bits per heavy atom. The highest BCUT2D eigenvalue weighted by atomic mass is 35.5. The average molecular weight is 415 g/mol. The molecule has 0 atom stereocenters. The van der Waals surface area contributed by atoms with Crippen LogP contribution in [0.2, 0.25) is 0 Å². The summed E-state index contributed by atoms with van der Waals surface area (Å²) in [4.78, 5) is 15.5. The monoisotopic (exact) mass is 414 g/mol. The van der Waals surface area contributed by atoms with Crippen molar-refractivity contribution in [3.05, 3.63) is 47.7 Å². The standard InChI is InChI=1S/C20H22ClF3N2O2/c1-14-12-16(15-6-9-25(10-7-15)19(27)13-21)8-11-26(14)17-2-4-18(5-3-17)28-20(22,23)24/h2-5,8,12,15H,6-7,9-11,13H2,1H3. The number of allylic oxidation sites excluding steroid dienone is 3. The van der Waals surface area contributed by atoms with Gasteiger partial charge in [-0.1, -0.05) is 6.08 Å². The number of benzene rings is 1. The first-order valence-electron chi connectivity index (χ1n) is 9.12. The Balaban J connectivity index is 1.61. The smallest absolute Gasteiger partial charge is 0.406 e. The van der Waals surface area contributed by atoms with Crippen LogP contribution in [0, 0.1) is 5.92 Å². The largest absolute Gasteiger partial charge is 0.573 e. The molecule has 1 saturated heterocycles. The molecule has 152 valence electrons. The van der Waals surface area contributed by atoms with Gasteiger partial charge in [0.2, 0.25) is 5.91 Å². The number of anilines is 1. The quantitative estimate of drug-likeness (QED) is 0.669. The molecule has 0 spiro atoms. The van der Waals surface area contributed by atoms with E-state index in [1.54, 1.807) is 17.0 Å². The number of halogens is 4. The second-order valence-electron chi connectivity index (χ2n) is 6.93. The van der Waals surface area contributed by atoms with Crippen LogP contribution in [0.4, 0.5) is 18.9 Å². The number of piperidine rings is 1. The van der Waals surface area contributed by atoms with E-state index in [0.29, 0.717) is 25.6 Å². The second kappa shape index (κ2) is 8.47. The highest BCUT2D eigenvalue weighted by Crippen LogP contribution is 2.32. The molecule has 1 aromatic carbocycles. The minimum absolute atomic E-state index is 0.0198. The number of amides is 1. The molecule has 2 aliphatic rings. The van der Waals surface area contributed by atoms with E-state index in [0.717, 1.165) is 24.2 Å². The number of ether oxygens (including phenoxy) is 1. The van der Waals surface area contributed by atoms with Gasteiger partial charge in [-0.15, -0.1) is 24.8 Å². The molecule has 1 aromatic rings. The van der Waals surface area contributed by atoms with E-state index in [9.17, 15) is 18.0 Å². The van der Waals surface area contributed by atoms with Crippen LogP contribution in [0.25, 0.3) is 0 Å². The zero-order valence-electron chi connectivity index (χ0n) is 15.5. The Morgan fingerprint density at radius 2 is 1.86 bits per heavy atom. The number of rotatable bonds is 4. The van der Waals surface area contributed by atoms with Gasteiger partial charge in [0.25, 0.3) is 0 Å². The van der Waals surface area contributed by atoms with Gasteiger partial charge < -0.3 is 14.5 Å². The number of hydrogen-bond donors (Lipinski definition) is 0. The summed E-state index contributed by atoms with van der Waals surface area (Å²) in [6, 6.07) is 5.87. The van der Waals surface area contributed by atoms with Crippen molar-refractivity contribution in [3.63, 3.8) is 0 Å². The zero-order valence-corrected chi connectivity index (χ0v) is 16.3. The predicted molar refractivity (Wildman–Crippen MR) is 102 cm³/mol.